The number of carbonyl (C=O) groups is 1. The maximum atomic E-state index is 10.9. The Labute approximate surface area is 82.3 Å². The number of ether oxygens (including phenoxy) is 1. The molecule has 76 valence electrons. The molecule has 14 heavy (non-hydrogen) atoms. The number of primary amides is 1. The number of benzene rings is 1. The van der Waals surface area contributed by atoms with E-state index in [0.29, 0.717) is 6.42 Å². The third kappa shape index (κ3) is 2.39. The number of rotatable bonds is 4. The SMILES string of the molecule is CCC(Oc1ccccc1O)C(N)=O. The molecule has 4 nitrogen and oxygen atoms in total. The number of aromatic hydroxyl groups is 1. The van der Waals surface area contributed by atoms with Crippen LogP contribution in [0.2, 0.25) is 0 Å². The van der Waals surface area contributed by atoms with Gasteiger partial charge in [0.15, 0.2) is 17.6 Å². The van der Waals surface area contributed by atoms with Crippen molar-refractivity contribution in [3.63, 3.8) is 0 Å². The third-order valence-corrected chi connectivity index (χ3v) is 1.82. The molecular weight excluding hydrogens is 182 g/mol. The Morgan fingerprint density at radius 2 is 2.21 bits per heavy atom. The Hall–Kier alpha value is -1.71. The number of phenolic OH excluding ortho intramolecular Hbond substituents is 1. The van der Waals surface area contributed by atoms with E-state index in [2.05, 4.69) is 0 Å². The summed E-state index contributed by atoms with van der Waals surface area (Å²) in [4.78, 5) is 10.9. The predicted octanol–water partition coefficient (Wildman–Crippen LogP) is 1.03. The highest BCUT2D eigenvalue weighted by Gasteiger charge is 2.15. The number of phenols is 1. The van der Waals surface area contributed by atoms with Crippen LogP contribution >= 0.6 is 0 Å². The molecule has 0 aromatic heterocycles. The van der Waals surface area contributed by atoms with Gasteiger partial charge in [-0.05, 0) is 18.6 Å². The minimum Gasteiger partial charge on any atom is -0.504 e. The average Bonchev–Trinajstić information content (AvgIpc) is 2.16. The Bertz CT molecular complexity index is 325. The van der Waals surface area contributed by atoms with Crippen LogP contribution in [0.1, 0.15) is 13.3 Å². The standard InChI is InChI=1S/C10H13NO3/c1-2-8(10(11)13)14-9-6-4-3-5-7(9)12/h3-6,8,12H,2H2,1H3,(H2,11,13). The topological polar surface area (TPSA) is 72.6 Å². The quantitative estimate of drug-likeness (QED) is 0.753. The lowest BCUT2D eigenvalue weighted by atomic mass is 10.2. The average molecular weight is 195 g/mol. The summed E-state index contributed by atoms with van der Waals surface area (Å²) in [6.07, 6.45) is -0.216. The summed E-state index contributed by atoms with van der Waals surface area (Å²) in [5.74, 6) is -0.249. The minimum atomic E-state index is -0.691. The molecule has 0 aliphatic rings. The molecule has 0 heterocycles. The molecule has 0 radical (unpaired) electrons. The Balaban J connectivity index is 2.77. The molecule has 0 saturated carbocycles. The highest BCUT2D eigenvalue weighted by Crippen LogP contribution is 2.25. The van der Waals surface area contributed by atoms with Crippen molar-refractivity contribution in [2.45, 2.75) is 19.4 Å². The fourth-order valence-electron chi connectivity index (χ4n) is 1.05. The van der Waals surface area contributed by atoms with E-state index in [1.165, 1.54) is 6.07 Å². The van der Waals surface area contributed by atoms with Crippen LogP contribution in [0.15, 0.2) is 24.3 Å². The Kier molecular flexibility index (Phi) is 3.34. The molecule has 0 bridgehead atoms. The first kappa shape index (κ1) is 10.4. The molecule has 0 fully saturated rings. The second-order valence-corrected chi connectivity index (χ2v) is 2.88. The summed E-state index contributed by atoms with van der Waals surface area (Å²) in [6.45, 7) is 1.79. The van der Waals surface area contributed by atoms with E-state index in [1.54, 1.807) is 25.1 Å². The monoisotopic (exact) mass is 195 g/mol. The van der Waals surface area contributed by atoms with Crippen molar-refractivity contribution < 1.29 is 14.6 Å². The van der Waals surface area contributed by atoms with Crippen LogP contribution in [-0.4, -0.2) is 17.1 Å². The minimum absolute atomic E-state index is 0.00667. The molecule has 3 N–H and O–H groups in total. The van der Waals surface area contributed by atoms with Gasteiger partial charge >= 0.3 is 0 Å². The van der Waals surface area contributed by atoms with Crippen LogP contribution in [0, 0.1) is 0 Å². The van der Waals surface area contributed by atoms with Gasteiger partial charge in [0.2, 0.25) is 0 Å². The Morgan fingerprint density at radius 3 is 2.71 bits per heavy atom. The molecule has 1 atom stereocenters. The van der Waals surface area contributed by atoms with Gasteiger partial charge in [-0.2, -0.15) is 0 Å². The van der Waals surface area contributed by atoms with Crippen molar-refractivity contribution in [3.05, 3.63) is 24.3 Å². The van der Waals surface area contributed by atoms with Gasteiger partial charge in [-0.3, -0.25) is 4.79 Å². The smallest absolute Gasteiger partial charge is 0.258 e. The maximum Gasteiger partial charge on any atom is 0.258 e. The zero-order valence-electron chi connectivity index (χ0n) is 7.93. The second-order valence-electron chi connectivity index (χ2n) is 2.88. The van der Waals surface area contributed by atoms with Crippen LogP contribution in [0.3, 0.4) is 0 Å². The summed E-state index contributed by atoms with van der Waals surface area (Å²) in [5.41, 5.74) is 5.10. The number of hydrogen-bond acceptors (Lipinski definition) is 3. The normalized spacial score (nSPS) is 12.1. The fraction of sp³-hybridized carbons (Fsp3) is 0.300. The second kappa shape index (κ2) is 4.50. The van der Waals surface area contributed by atoms with Gasteiger partial charge in [0, 0.05) is 0 Å². The van der Waals surface area contributed by atoms with Crippen molar-refractivity contribution in [2.24, 2.45) is 5.73 Å². The molecule has 4 heteroatoms. The number of amides is 1. The number of para-hydroxylation sites is 2. The first-order chi connectivity index (χ1) is 6.65. The lowest BCUT2D eigenvalue weighted by Crippen LogP contribution is -2.32. The summed E-state index contributed by atoms with van der Waals surface area (Å²) in [5, 5.41) is 9.36. The van der Waals surface area contributed by atoms with Gasteiger partial charge in [-0.15, -0.1) is 0 Å². The molecule has 1 rings (SSSR count). The van der Waals surface area contributed by atoms with E-state index in [9.17, 15) is 9.90 Å². The van der Waals surface area contributed by atoms with Crippen molar-refractivity contribution in [2.75, 3.05) is 0 Å². The van der Waals surface area contributed by atoms with Gasteiger partial charge in [-0.25, -0.2) is 0 Å². The van der Waals surface area contributed by atoms with E-state index < -0.39 is 12.0 Å². The third-order valence-electron chi connectivity index (χ3n) is 1.82. The van der Waals surface area contributed by atoms with Crippen molar-refractivity contribution in [1.29, 1.82) is 0 Å². The highest BCUT2D eigenvalue weighted by molar-refractivity contribution is 5.79. The number of hydrogen-bond donors (Lipinski definition) is 2. The van der Waals surface area contributed by atoms with E-state index in [0.717, 1.165) is 0 Å². The zero-order chi connectivity index (χ0) is 10.6. The zero-order valence-corrected chi connectivity index (χ0v) is 7.93. The molecule has 0 spiro atoms. The van der Waals surface area contributed by atoms with E-state index in [1.807, 2.05) is 0 Å². The summed E-state index contributed by atoms with van der Waals surface area (Å²) in [7, 11) is 0. The number of carbonyl (C=O) groups excluding carboxylic acids is 1. The highest BCUT2D eigenvalue weighted by atomic mass is 16.5. The van der Waals surface area contributed by atoms with Gasteiger partial charge in [0.25, 0.3) is 5.91 Å². The van der Waals surface area contributed by atoms with Gasteiger partial charge in [-0.1, -0.05) is 19.1 Å². The molecule has 0 aliphatic carbocycles. The number of nitrogens with two attached hydrogens (primary N) is 1. The van der Waals surface area contributed by atoms with Crippen molar-refractivity contribution in [3.8, 4) is 11.5 Å². The molecule has 1 aromatic rings. The molecule has 1 amide bonds. The van der Waals surface area contributed by atoms with Gasteiger partial charge in [0.1, 0.15) is 0 Å². The maximum absolute atomic E-state index is 10.9. The van der Waals surface area contributed by atoms with Crippen LogP contribution in [0.5, 0.6) is 11.5 Å². The van der Waals surface area contributed by atoms with Crippen LogP contribution in [0.4, 0.5) is 0 Å². The lowest BCUT2D eigenvalue weighted by Gasteiger charge is -2.14. The molecule has 0 aliphatic heterocycles. The first-order valence-electron chi connectivity index (χ1n) is 4.39. The summed E-state index contributed by atoms with van der Waals surface area (Å²) >= 11 is 0. The molecule has 1 aromatic carbocycles. The van der Waals surface area contributed by atoms with Gasteiger partial charge < -0.3 is 15.6 Å². The van der Waals surface area contributed by atoms with Crippen molar-refractivity contribution >= 4 is 5.91 Å². The fourth-order valence-corrected chi connectivity index (χ4v) is 1.05. The van der Waals surface area contributed by atoms with Crippen LogP contribution in [0.25, 0.3) is 0 Å². The van der Waals surface area contributed by atoms with E-state index in [4.69, 9.17) is 10.5 Å². The predicted molar refractivity (Wildman–Crippen MR) is 52.0 cm³/mol. The molecule has 0 saturated heterocycles. The van der Waals surface area contributed by atoms with E-state index in [-0.39, 0.29) is 11.5 Å². The van der Waals surface area contributed by atoms with Crippen LogP contribution < -0.4 is 10.5 Å². The molecule has 1 unspecified atom stereocenters. The summed E-state index contributed by atoms with van der Waals surface area (Å²) < 4.78 is 5.23. The largest absolute Gasteiger partial charge is 0.504 e. The first-order valence-corrected chi connectivity index (χ1v) is 4.39. The lowest BCUT2D eigenvalue weighted by molar-refractivity contribution is -0.124. The van der Waals surface area contributed by atoms with E-state index >= 15 is 0 Å². The molecular formula is C10H13NO3. The Morgan fingerprint density at radius 1 is 1.57 bits per heavy atom. The van der Waals surface area contributed by atoms with Gasteiger partial charge in [0.05, 0.1) is 0 Å². The summed E-state index contributed by atoms with van der Waals surface area (Å²) in [6, 6.07) is 6.46. The van der Waals surface area contributed by atoms with Crippen LogP contribution in [-0.2, 0) is 4.79 Å². The van der Waals surface area contributed by atoms with Crippen molar-refractivity contribution in [1.82, 2.24) is 0 Å².